The number of esters is 2. The lowest BCUT2D eigenvalue weighted by Crippen LogP contribution is -2.34. The molecule has 0 aliphatic rings. The number of methoxy groups -OCH3 is 1. The van der Waals surface area contributed by atoms with Crippen LogP contribution in [0.25, 0.3) is 0 Å². The number of carbonyl (C=O) groups is 2. The molecule has 1 rings (SSSR count). The third-order valence-corrected chi connectivity index (χ3v) is 2.90. The number of ether oxygens (including phenoxy) is 2. The Balaban J connectivity index is 2.94. The fourth-order valence-electron chi connectivity index (χ4n) is 1.84. The molecule has 7 heteroatoms. The maximum atomic E-state index is 12.5. The molecule has 0 spiro atoms. The summed E-state index contributed by atoms with van der Waals surface area (Å²) in [5.41, 5.74) is -1.18. The van der Waals surface area contributed by atoms with E-state index in [-0.39, 0.29) is 6.42 Å². The van der Waals surface area contributed by atoms with Gasteiger partial charge >= 0.3 is 18.1 Å². The molecule has 0 N–H and O–H groups in total. The number of carbonyl (C=O) groups excluding carboxylic acids is 2. The molecule has 1 aromatic carbocycles. The van der Waals surface area contributed by atoms with E-state index in [0.717, 1.165) is 19.2 Å². The Labute approximate surface area is 132 Å². The minimum Gasteiger partial charge on any atom is -0.468 e. The van der Waals surface area contributed by atoms with E-state index in [1.165, 1.54) is 12.1 Å². The molecular weight excluding hydrogens is 313 g/mol. The van der Waals surface area contributed by atoms with Crippen LogP contribution in [0.4, 0.5) is 13.2 Å². The average Bonchev–Trinajstić information content (AvgIpc) is 2.41. The summed E-state index contributed by atoms with van der Waals surface area (Å²) in [7, 11) is 1.13. The summed E-state index contributed by atoms with van der Waals surface area (Å²) in [5.74, 6) is -2.79. The van der Waals surface area contributed by atoms with Gasteiger partial charge in [-0.3, -0.25) is 9.59 Å². The molecule has 0 aliphatic carbocycles. The highest BCUT2D eigenvalue weighted by Gasteiger charge is 2.33. The molecule has 4 nitrogen and oxygen atoms in total. The third-order valence-electron chi connectivity index (χ3n) is 2.90. The van der Waals surface area contributed by atoms with E-state index in [1.54, 1.807) is 20.8 Å². The number of hydrogen-bond acceptors (Lipinski definition) is 4. The Kier molecular flexibility index (Phi) is 5.80. The zero-order valence-electron chi connectivity index (χ0n) is 13.4. The average molecular weight is 332 g/mol. The Hall–Kier alpha value is -2.05. The summed E-state index contributed by atoms with van der Waals surface area (Å²) in [6.45, 7) is 4.95. The first-order chi connectivity index (χ1) is 10.4. The molecule has 0 heterocycles. The van der Waals surface area contributed by atoms with Crippen LogP contribution in [0.5, 0.6) is 0 Å². The summed E-state index contributed by atoms with van der Waals surface area (Å²) in [4.78, 5) is 23.9. The Bertz CT molecular complexity index is 556. The van der Waals surface area contributed by atoms with E-state index in [9.17, 15) is 22.8 Å². The summed E-state index contributed by atoms with van der Waals surface area (Å²) in [6, 6.07) is 4.25. The Morgan fingerprint density at radius 3 is 1.96 bits per heavy atom. The van der Waals surface area contributed by atoms with Crippen LogP contribution >= 0.6 is 0 Å². The first kappa shape index (κ1) is 19.0. The van der Waals surface area contributed by atoms with Crippen LogP contribution in [0.2, 0.25) is 0 Å². The quantitative estimate of drug-likeness (QED) is 0.626. The highest BCUT2D eigenvalue weighted by Crippen LogP contribution is 2.29. The summed E-state index contributed by atoms with van der Waals surface area (Å²) in [5, 5.41) is 0. The van der Waals surface area contributed by atoms with E-state index < -0.39 is 35.2 Å². The smallest absolute Gasteiger partial charge is 0.416 e. The van der Waals surface area contributed by atoms with Crippen LogP contribution in [-0.4, -0.2) is 24.6 Å². The van der Waals surface area contributed by atoms with E-state index in [1.807, 2.05) is 0 Å². The van der Waals surface area contributed by atoms with Gasteiger partial charge in [0.2, 0.25) is 0 Å². The predicted molar refractivity (Wildman–Crippen MR) is 76.5 cm³/mol. The molecule has 1 unspecified atom stereocenters. The fraction of sp³-hybridized carbons (Fsp3) is 0.500. The standard InChI is InChI=1S/C16H19F3O4/c1-15(2,3)23-14(21)12(13(20)22-4)9-10-5-7-11(8-6-10)16(17,18)19/h5-8,12H,9H2,1-4H3. The van der Waals surface area contributed by atoms with Crippen molar-refractivity contribution in [1.29, 1.82) is 0 Å². The molecule has 0 fully saturated rings. The van der Waals surface area contributed by atoms with Gasteiger partial charge in [0.1, 0.15) is 5.60 Å². The molecule has 0 saturated carbocycles. The molecular formula is C16H19F3O4. The third kappa shape index (κ3) is 5.92. The maximum Gasteiger partial charge on any atom is 0.416 e. The highest BCUT2D eigenvalue weighted by atomic mass is 19.4. The Morgan fingerprint density at radius 2 is 1.57 bits per heavy atom. The summed E-state index contributed by atoms with van der Waals surface area (Å²) < 4.78 is 47.3. The van der Waals surface area contributed by atoms with E-state index >= 15 is 0 Å². The largest absolute Gasteiger partial charge is 0.468 e. The van der Waals surface area contributed by atoms with Gasteiger partial charge in [0.15, 0.2) is 5.92 Å². The zero-order valence-corrected chi connectivity index (χ0v) is 13.4. The van der Waals surface area contributed by atoms with Gasteiger partial charge in [-0.25, -0.2) is 0 Å². The van der Waals surface area contributed by atoms with Crippen molar-refractivity contribution in [1.82, 2.24) is 0 Å². The van der Waals surface area contributed by atoms with Crippen molar-refractivity contribution >= 4 is 11.9 Å². The van der Waals surface area contributed by atoms with Crippen LogP contribution in [0.1, 0.15) is 31.9 Å². The molecule has 0 amide bonds. The van der Waals surface area contributed by atoms with Crippen LogP contribution < -0.4 is 0 Å². The Morgan fingerprint density at radius 1 is 1.04 bits per heavy atom. The maximum absolute atomic E-state index is 12.5. The number of alkyl halides is 3. The van der Waals surface area contributed by atoms with E-state index in [2.05, 4.69) is 4.74 Å². The lowest BCUT2D eigenvalue weighted by Gasteiger charge is -2.23. The predicted octanol–water partition coefficient (Wildman–Crippen LogP) is 3.38. The second-order valence-corrected chi connectivity index (χ2v) is 6.01. The van der Waals surface area contributed by atoms with Crippen molar-refractivity contribution in [2.75, 3.05) is 7.11 Å². The second kappa shape index (κ2) is 7.02. The van der Waals surface area contributed by atoms with Gasteiger partial charge in [0, 0.05) is 0 Å². The molecule has 23 heavy (non-hydrogen) atoms. The fourth-order valence-corrected chi connectivity index (χ4v) is 1.84. The van der Waals surface area contributed by atoms with Crippen molar-refractivity contribution in [3.8, 4) is 0 Å². The van der Waals surface area contributed by atoms with Gasteiger partial charge < -0.3 is 9.47 Å². The monoisotopic (exact) mass is 332 g/mol. The van der Waals surface area contributed by atoms with Gasteiger partial charge in [-0.15, -0.1) is 0 Å². The molecule has 0 aliphatic heterocycles. The zero-order chi connectivity index (χ0) is 17.8. The number of rotatable bonds is 4. The molecule has 1 atom stereocenters. The molecule has 0 bridgehead atoms. The minimum absolute atomic E-state index is 0.0975. The van der Waals surface area contributed by atoms with E-state index in [4.69, 9.17) is 4.74 Å². The van der Waals surface area contributed by atoms with Crippen LogP contribution in [-0.2, 0) is 31.7 Å². The molecule has 0 aromatic heterocycles. The molecule has 128 valence electrons. The topological polar surface area (TPSA) is 52.6 Å². The molecule has 0 radical (unpaired) electrons. The molecule has 0 saturated heterocycles. The number of benzene rings is 1. The highest BCUT2D eigenvalue weighted by molar-refractivity contribution is 5.95. The first-order valence-electron chi connectivity index (χ1n) is 6.91. The van der Waals surface area contributed by atoms with Gasteiger partial charge in [0.25, 0.3) is 0 Å². The second-order valence-electron chi connectivity index (χ2n) is 6.01. The lowest BCUT2D eigenvalue weighted by atomic mass is 9.98. The lowest BCUT2D eigenvalue weighted by molar-refractivity contribution is -0.168. The van der Waals surface area contributed by atoms with Crippen molar-refractivity contribution in [3.63, 3.8) is 0 Å². The van der Waals surface area contributed by atoms with Gasteiger partial charge in [0.05, 0.1) is 12.7 Å². The summed E-state index contributed by atoms with van der Waals surface area (Å²) in [6.07, 6.45) is -4.54. The van der Waals surface area contributed by atoms with Crippen LogP contribution in [0.15, 0.2) is 24.3 Å². The SMILES string of the molecule is COC(=O)C(Cc1ccc(C(F)(F)F)cc1)C(=O)OC(C)(C)C. The van der Waals surface area contributed by atoms with Crippen molar-refractivity contribution in [2.45, 2.75) is 39.0 Å². The van der Waals surface area contributed by atoms with Gasteiger partial charge in [-0.2, -0.15) is 13.2 Å². The van der Waals surface area contributed by atoms with Gasteiger partial charge in [-0.1, -0.05) is 12.1 Å². The van der Waals surface area contributed by atoms with Gasteiger partial charge in [-0.05, 0) is 44.9 Å². The summed E-state index contributed by atoms with van der Waals surface area (Å²) >= 11 is 0. The number of halogens is 3. The first-order valence-corrected chi connectivity index (χ1v) is 6.91. The van der Waals surface area contributed by atoms with Crippen LogP contribution in [0, 0.1) is 5.92 Å². The van der Waals surface area contributed by atoms with E-state index in [0.29, 0.717) is 5.56 Å². The van der Waals surface area contributed by atoms with Crippen LogP contribution in [0.3, 0.4) is 0 Å². The van der Waals surface area contributed by atoms with Crippen molar-refractivity contribution in [2.24, 2.45) is 5.92 Å². The van der Waals surface area contributed by atoms with Crippen molar-refractivity contribution < 1.29 is 32.2 Å². The normalized spacial score (nSPS) is 13.3. The minimum atomic E-state index is -4.44. The van der Waals surface area contributed by atoms with Crippen molar-refractivity contribution in [3.05, 3.63) is 35.4 Å². The number of hydrogen-bond donors (Lipinski definition) is 0. The molecule has 1 aromatic rings.